The highest BCUT2D eigenvalue weighted by atomic mass is 79.9. The summed E-state index contributed by atoms with van der Waals surface area (Å²) in [7, 11) is 1.61. The molecular weight excluding hydrogens is 335 g/mol. The molecule has 1 amide bonds. The molecule has 0 saturated carbocycles. The quantitative estimate of drug-likeness (QED) is 0.849. The third kappa shape index (κ3) is 3.47. The fourth-order valence-corrected chi connectivity index (χ4v) is 2.27. The van der Waals surface area contributed by atoms with E-state index < -0.39 is 11.7 Å². The van der Waals surface area contributed by atoms with E-state index in [2.05, 4.69) is 15.9 Å². The largest absolute Gasteiger partial charge is 0.337 e. The Hall–Kier alpha value is -2.19. The molecule has 2 aromatic rings. The number of nitrogens with zero attached hydrogens (tertiary/aromatic N) is 2. The number of rotatable bonds is 3. The first-order valence-corrected chi connectivity index (χ1v) is 7.00. The number of halogens is 2. The number of hydrogen-bond donors (Lipinski definition) is 0. The van der Waals surface area contributed by atoms with Crippen LogP contribution in [0.3, 0.4) is 0 Å². The summed E-state index contributed by atoms with van der Waals surface area (Å²) in [6.07, 6.45) is 0. The Balaban J connectivity index is 2.15. The molecule has 0 N–H and O–H groups in total. The van der Waals surface area contributed by atoms with Crippen molar-refractivity contribution < 1.29 is 9.18 Å². The van der Waals surface area contributed by atoms with E-state index in [-0.39, 0.29) is 10.0 Å². The van der Waals surface area contributed by atoms with Gasteiger partial charge in [-0.25, -0.2) is 4.39 Å². The highest BCUT2D eigenvalue weighted by molar-refractivity contribution is 9.10. The molecule has 5 heteroatoms. The molecule has 3 nitrogen and oxygen atoms in total. The molecule has 0 aliphatic rings. The van der Waals surface area contributed by atoms with Crippen LogP contribution in [-0.4, -0.2) is 17.9 Å². The lowest BCUT2D eigenvalue weighted by Crippen LogP contribution is -2.27. The zero-order chi connectivity index (χ0) is 15.4. The predicted octanol–water partition coefficient (Wildman–Crippen LogP) is 3.73. The van der Waals surface area contributed by atoms with Gasteiger partial charge in [-0.15, -0.1) is 0 Å². The lowest BCUT2D eigenvalue weighted by atomic mass is 10.1. The molecule has 2 aromatic carbocycles. The second kappa shape index (κ2) is 6.51. The van der Waals surface area contributed by atoms with Crippen molar-refractivity contribution >= 4 is 21.8 Å². The van der Waals surface area contributed by atoms with Crippen LogP contribution < -0.4 is 0 Å². The summed E-state index contributed by atoms with van der Waals surface area (Å²) in [4.78, 5) is 13.7. The maximum atomic E-state index is 13.9. The molecule has 0 unspecified atom stereocenters. The first-order valence-electron chi connectivity index (χ1n) is 6.21. The molecule has 0 spiro atoms. The van der Waals surface area contributed by atoms with Gasteiger partial charge in [-0.3, -0.25) is 4.79 Å². The second-order valence-corrected chi connectivity index (χ2v) is 5.43. The molecule has 0 saturated heterocycles. The van der Waals surface area contributed by atoms with Gasteiger partial charge in [-0.2, -0.15) is 5.26 Å². The Bertz CT molecular complexity index is 707. The Labute approximate surface area is 130 Å². The van der Waals surface area contributed by atoms with Crippen LogP contribution in [0, 0.1) is 17.1 Å². The minimum absolute atomic E-state index is 0.0283. The maximum Gasteiger partial charge on any atom is 0.256 e. The molecular formula is C16H12BrFN2O. The topological polar surface area (TPSA) is 44.1 Å². The van der Waals surface area contributed by atoms with Crippen molar-refractivity contribution in [3.05, 3.63) is 69.4 Å². The first-order chi connectivity index (χ1) is 10.0. The lowest BCUT2D eigenvalue weighted by molar-refractivity contribution is 0.0780. The van der Waals surface area contributed by atoms with Gasteiger partial charge in [0.15, 0.2) is 0 Å². The molecule has 2 rings (SSSR count). The molecule has 0 aliphatic heterocycles. The Morgan fingerprint density at radius 2 is 1.95 bits per heavy atom. The van der Waals surface area contributed by atoms with Crippen molar-refractivity contribution in [3.8, 4) is 6.07 Å². The fourth-order valence-electron chi connectivity index (χ4n) is 1.90. The number of nitriles is 1. The molecule has 21 heavy (non-hydrogen) atoms. The van der Waals surface area contributed by atoms with E-state index in [9.17, 15) is 9.18 Å². The van der Waals surface area contributed by atoms with Crippen LogP contribution in [-0.2, 0) is 6.54 Å². The summed E-state index contributed by atoms with van der Waals surface area (Å²) in [6, 6.07) is 13.6. The predicted molar refractivity (Wildman–Crippen MR) is 81.1 cm³/mol. The smallest absolute Gasteiger partial charge is 0.256 e. The van der Waals surface area contributed by atoms with Crippen molar-refractivity contribution in [1.82, 2.24) is 4.90 Å². The van der Waals surface area contributed by atoms with Crippen molar-refractivity contribution in [3.63, 3.8) is 0 Å². The summed E-state index contributed by atoms with van der Waals surface area (Å²) in [5.74, 6) is -0.952. The lowest BCUT2D eigenvalue weighted by Gasteiger charge is -2.18. The van der Waals surface area contributed by atoms with Gasteiger partial charge in [-0.05, 0) is 45.8 Å². The molecule has 0 bridgehead atoms. The van der Waals surface area contributed by atoms with Crippen molar-refractivity contribution in [1.29, 1.82) is 5.26 Å². The van der Waals surface area contributed by atoms with Crippen molar-refractivity contribution in [2.75, 3.05) is 7.05 Å². The Morgan fingerprint density at radius 1 is 1.29 bits per heavy atom. The monoisotopic (exact) mass is 346 g/mol. The van der Waals surface area contributed by atoms with E-state index in [1.54, 1.807) is 43.4 Å². The molecule has 0 atom stereocenters. The highest BCUT2D eigenvalue weighted by Crippen LogP contribution is 2.20. The molecule has 0 heterocycles. The third-order valence-electron chi connectivity index (χ3n) is 3.03. The molecule has 0 radical (unpaired) electrons. The number of benzene rings is 2. The highest BCUT2D eigenvalue weighted by Gasteiger charge is 2.17. The molecule has 106 valence electrons. The summed E-state index contributed by atoms with van der Waals surface area (Å²) in [6.45, 7) is 0.344. The summed E-state index contributed by atoms with van der Waals surface area (Å²) in [5, 5.41) is 8.74. The molecule has 0 aromatic heterocycles. The van der Waals surface area contributed by atoms with Gasteiger partial charge >= 0.3 is 0 Å². The van der Waals surface area contributed by atoms with Crippen molar-refractivity contribution in [2.24, 2.45) is 0 Å². The number of amides is 1. The minimum atomic E-state index is -0.561. The van der Waals surface area contributed by atoms with E-state index in [0.29, 0.717) is 12.1 Å². The third-order valence-corrected chi connectivity index (χ3v) is 3.64. The van der Waals surface area contributed by atoms with Gasteiger partial charge in [0, 0.05) is 13.6 Å². The van der Waals surface area contributed by atoms with Gasteiger partial charge in [0.1, 0.15) is 5.82 Å². The van der Waals surface area contributed by atoms with E-state index in [1.807, 2.05) is 6.07 Å². The van der Waals surface area contributed by atoms with Crippen LogP contribution >= 0.6 is 15.9 Å². The number of carbonyl (C=O) groups is 1. The van der Waals surface area contributed by atoms with E-state index >= 15 is 0 Å². The Kier molecular flexibility index (Phi) is 4.71. The van der Waals surface area contributed by atoms with Crippen LogP contribution in [0.15, 0.2) is 46.9 Å². The SMILES string of the molecule is CN(Cc1ccc(C#N)cc1)C(=O)c1cccc(Br)c1F. The van der Waals surface area contributed by atoms with Gasteiger partial charge in [0.2, 0.25) is 0 Å². The number of hydrogen-bond acceptors (Lipinski definition) is 2. The van der Waals surface area contributed by atoms with Crippen LogP contribution in [0.5, 0.6) is 0 Å². The van der Waals surface area contributed by atoms with E-state index in [4.69, 9.17) is 5.26 Å². The van der Waals surface area contributed by atoms with Gasteiger partial charge in [0.25, 0.3) is 5.91 Å². The second-order valence-electron chi connectivity index (χ2n) is 4.57. The first kappa shape index (κ1) is 15.2. The number of carbonyl (C=O) groups excluding carboxylic acids is 1. The standard InChI is InChI=1S/C16H12BrFN2O/c1-20(10-12-7-5-11(9-19)6-8-12)16(21)13-3-2-4-14(17)15(13)18/h2-8H,10H2,1H3. The fraction of sp³-hybridized carbons (Fsp3) is 0.125. The average molecular weight is 347 g/mol. The zero-order valence-electron chi connectivity index (χ0n) is 11.3. The molecule has 0 fully saturated rings. The van der Waals surface area contributed by atoms with Crippen LogP contribution in [0.4, 0.5) is 4.39 Å². The summed E-state index contributed by atoms with van der Waals surface area (Å²) >= 11 is 3.07. The normalized spacial score (nSPS) is 10.0. The Morgan fingerprint density at radius 3 is 2.57 bits per heavy atom. The van der Waals surface area contributed by atoms with E-state index in [1.165, 1.54) is 11.0 Å². The maximum absolute atomic E-state index is 13.9. The summed E-state index contributed by atoms with van der Waals surface area (Å²) in [5.41, 5.74) is 1.46. The van der Waals surface area contributed by atoms with Crippen LogP contribution in [0.1, 0.15) is 21.5 Å². The van der Waals surface area contributed by atoms with Crippen molar-refractivity contribution in [2.45, 2.75) is 6.54 Å². The van der Waals surface area contributed by atoms with Gasteiger partial charge in [0.05, 0.1) is 21.7 Å². The van der Waals surface area contributed by atoms with Crippen LogP contribution in [0.2, 0.25) is 0 Å². The zero-order valence-corrected chi connectivity index (χ0v) is 12.9. The summed E-state index contributed by atoms with van der Waals surface area (Å²) < 4.78 is 14.2. The van der Waals surface area contributed by atoms with Crippen LogP contribution in [0.25, 0.3) is 0 Å². The minimum Gasteiger partial charge on any atom is -0.337 e. The average Bonchev–Trinajstić information content (AvgIpc) is 2.50. The molecule has 0 aliphatic carbocycles. The van der Waals surface area contributed by atoms with E-state index in [0.717, 1.165) is 5.56 Å². The van der Waals surface area contributed by atoms with Gasteiger partial charge in [-0.1, -0.05) is 18.2 Å². The van der Waals surface area contributed by atoms with Gasteiger partial charge < -0.3 is 4.90 Å².